The summed E-state index contributed by atoms with van der Waals surface area (Å²) in [4.78, 5) is 27.2. The quantitative estimate of drug-likeness (QED) is 0.678. The summed E-state index contributed by atoms with van der Waals surface area (Å²) in [5, 5.41) is 8.87. The van der Waals surface area contributed by atoms with Gasteiger partial charge in [-0.3, -0.25) is 19.0 Å². The second-order valence-corrected chi connectivity index (χ2v) is 7.61. The molecule has 0 unspecified atom stereocenters. The zero-order valence-corrected chi connectivity index (χ0v) is 17.5. The Morgan fingerprint density at radius 1 is 1.21 bits per heavy atom. The molecule has 8 heteroatoms. The molecule has 0 spiro atoms. The van der Waals surface area contributed by atoms with E-state index >= 15 is 0 Å². The summed E-state index contributed by atoms with van der Waals surface area (Å²) in [5.41, 5.74) is 4.05. The van der Waals surface area contributed by atoms with Crippen molar-refractivity contribution in [2.45, 2.75) is 40.7 Å². The molecular formula is C20H29N5O3. The Labute approximate surface area is 165 Å². The van der Waals surface area contributed by atoms with Crippen molar-refractivity contribution in [3.63, 3.8) is 0 Å². The molecule has 2 atom stereocenters. The molecule has 8 nitrogen and oxygen atoms in total. The standard InChI is InChI=1S/C20H29N5O3/c1-7-28-20(27)17-9-15(17)10-25(11-16-8-12(2)23(5)22-16)19(26)18-13(3)21-24(6)14(18)4/h8,15,17H,7,9-11H2,1-6H3/t15-,17+/m0/s1. The van der Waals surface area contributed by atoms with E-state index in [1.165, 1.54) is 0 Å². The van der Waals surface area contributed by atoms with Crippen molar-refractivity contribution >= 4 is 11.9 Å². The zero-order chi connectivity index (χ0) is 20.6. The Morgan fingerprint density at radius 2 is 1.93 bits per heavy atom. The fraction of sp³-hybridized carbons (Fsp3) is 0.600. The van der Waals surface area contributed by atoms with Crippen LogP contribution in [0.15, 0.2) is 6.07 Å². The number of hydrogen-bond donors (Lipinski definition) is 0. The first-order valence-electron chi connectivity index (χ1n) is 9.68. The smallest absolute Gasteiger partial charge is 0.309 e. The highest BCUT2D eigenvalue weighted by Gasteiger charge is 2.45. The summed E-state index contributed by atoms with van der Waals surface area (Å²) in [6.45, 7) is 8.83. The monoisotopic (exact) mass is 387 g/mol. The maximum absolute atomic E-state index is 13.4. The Balaban J connectivity index is 1.82. The molecule has 2 aromatic heterocycles. The van der Waals surface area contributed by atoms with Gasteiger partial charge in [0.1, 0.15) is 0 Å². The van der Waals surface area contributed by atoms with Crippen molar-refractivity contribution in [1.29, 1.82) is 0 Å². The Kier molecular flexibility index (Phi) is 5.58. The van der Waals surface area contributed by atoms with Crippen LogP contribution in [0.4, 0.5) is 0 Å². The van der Waals surface area contributed by atoms with Crippen LogP contribution >= 0.6 is 0 Å². The zero-order valence-electron chi connectivity index (χ0n) is 17.5. The van der Waals surface area contributed by atoms with Gasteiger partial charge in [-0.05, 0) is 46.1 Å². The van der Waals surface area contributed by atoms with Gasteiger partial charge in [0.05, 0.1) is 36.0 Å². The first kappa shape index (κ1) is 20.1. The van der Waals surface area contributed by atoms with Gasteiger partial charge in [0.15, 0.2) is 0 Å². The number of ether oxygens (including phenoxy) is 1. The number of carbonyl (C=O) groups is 2. The van der Waals surface area contributed by atoms with E-state index < -0.39 is 0 Å². The van der Waals surface area contributed by atoms with E-state index in [0.29, 0.717) is 31.0 Å². The second-order valence-electron chi connectivity index (χ2n) is 7.61. The Bertz CT molecular complexity index is 879. The van der Waals surface area contributed by atoms with E-state index in [2.05, 4.69) is 10.2 Å². The van der Waals surface area contributed by atoms with E-state index in [4.69, 9.17) is 4.74 Å². The lowest BCUT2D eigenvalue weighted by Crippen LogP contribution is -2.34. The lowest BCUT2D eigenvalue weighted by atomic mass is 10.1. The van der Waals surface area contributed by atoms with Gasteiger partial charge in [-0.2, -0.15) is 10.2 Å². The van der Waals surface area contributed by atoms with Crippen molar-refractivity contribution in [1.82, 2.24) is 24.5 Å². The van der Waals surface area contributed by atoms with Gasteiger partial charge in [-0.1, -0.05) is 0 Å². The minimum Gasteiger partial charge on any atom is -0.466 e. The number of aromatic nitrogens is 4. The van der Waals surface area contributed by atoms with E-state index in [1.54, 1.807) is 14.3 Å². The molecule has 1 amide bonds. The van der Waals surface area contributed by atoms with Crippen molar-refractivity contribution < 1.29 is 14.3 Å². The van der Waals surface area contributed by atoms with Crippen LogP contribution in [0.2, 0.25) is 0 Å². The van der Waals surface area contributed by atoms with Gasteiger partial charge >= 0.3 is 5.97 Å². The number of nitrogens with zero attached hydrogens (tertiary/aromatic N) is 5. The minimum atomic E-state index is -0.165. The van der Waals surface area contributed by atoms with Crippen LogP contribution in [0.25, 0.3) is 0 Å². The maximum Gasteiger partial charge on any atom is 0.309 e. The van der Waals surface area contributed by atoms with Gasteiger partial charge in [-0.25, -0.2) is 0 Å². The summed E-state index contributed by atoms with van der Waals surface area (Å²) in [6.07, 6.45) is 0.759. The molecule has 0 N–H and O–H groups in total. The number of rotatable bonds is 7. The molecule has 0 bridgehead atoms. The lowest BCUT2D eigenvalue weighted by Gasteiger charge is -2.22. The van der Waals surface area contributed by atoms with Crippen molar-refractivity contribution in [3.05, 3.63) is 34.4 Å². The molecule has 0 radical (unpaired) electrons. The van der Waals surface area contributed by atoms with Crippen LogP contribution in [0, 0.1) is 32.6 Å². The van der Waals surface area contributed by atoms with Crippen molar-refractivity contribution in [2.24, 2.45) is 25.9 Å². The molecule has 28 heavy (non-hydrogen) atoms. The molecule has 0 aromatic carbocycles. The number of esters is 1. The SMILES string of the molecule is CCOC(=O)[C@@H]1C[C@H]1CN(Cc1cc(C)n(C)n1)C(=O)c1c(C)nn(C)c1C. The summed E-state index contributed by atoms with van der Waals surface area (Å²) >= 11 is 0. The summed E-state index contributed by atoms with van der Waals surface area (Å²) in [7, 11) is 3.72. The van der Waals surface area contributed by atoms with Crippen molar-refractivity contribution in [3.8, 4) is 0 Å². The van der Waals surface area contributed by atoms with Gasteiger partial charge in [0, 0.05) is 32.0 Å². The largest absolute Gasteiger partial charge is 0.466 e. The third-order valence-electron chi connectivity index (χ3n) is 5.49. The van der Waals surface area contributed by atoms with Crippen LogP contribution < -0.4 is 0 Å². The molecular weight excluding hydrogens is 358 g/mol. The lowest BCUT2D eigenvalue weighted by molar-refractivity contribution is -0.145. The molecule has 152 valence electrons. The molecule has 0 aliphatic heterocycles. The summed E-state index contributed by atoms with van der Waals surface area (Å²) in [6, 6.07) is 1.99. The Morgan fingerprint density at radius 3 is 2.46 bits per heavy atom. The van der Waals surface area contributed by atoms with Crippen LogP contribution in [0.1, 0.15) is 46.5 Å². The third-order valence-corrected chi connectivity index (χ3v) is 5.49. The number of aryl methyl sites for hydroxylation is 4. The molecule has 0 saturated heterocycles. The Hall–Kier alpha value is -2.64. The van der Waals surface area contributed by atoms with Crippen molar-refractivity contribution in [2.75, 3.05) is 13.2 Å². The highest BCUT2D eigenvalue weighted by molar-refractivity contribution is 5.96. The average molecular weight is 387 g/mol. The van der Waals surface area contributed by atoms with Gasteiger partial charge in [0.25, 0.3) is 5.91 Å². The normalized spacial score (nSPS) is 18.2. The summed E-state index contributed by atoms with van der Waals surface area (Å²) in [5.74, 6) is -0.217. The number of carbonyl (C=O) groups excluding carboxylic acids is 2. The van der Waals surface area contributed by atoms with Crippen LogP contribution in [0.3, 0.4) is 0 Å². The maximum atomic E-state index is 13.4. The predicted molar refractivity (Wildman–Crippen MR) is 104 cm³/mol. The number of hydrogen-bond acceptors (Lipinski definition) is 5. The molecule has 1 aliphatic rings. The molecule has 1 saturated carbocycles. The summed E-state index contributed by atoms with van der Waals surface area (Å²) < 4.78 is 8.66. The van der Waals surface area contributed by atoms with Crippen LogP contribution in [-0.4, -0.2) is 49.5 Å². The molecule has 1 fully saturated rings. The highest BCUT2D eigenvalue weighted by atomic mass is 16.5. The predicted octanol–water partition coefficient (Wildman–Crippen LogP) is 1.92. The van der Waals surface area contributed by atoms with E-state index in [-0.39, 0.29) is 23.7 Å². The molecule has 3 rings (SSSR count). The minimum absolute atomic E-state index is 0.0686. The van der Waals surface area contributed by atoms with E-state index in [1.807, 2.05) is 47.9 Å². The molecule has 2 aromatic rings. The van der Waals surface area contributed by atoms with Gasteiger partial charge < -0.3 is 9.64 Å². The highest BCUT2D eigenvalue weighted by Crippen LogP contribution is 2.40. The topological polar surface area (TPSA) is 82.2 Å². The van der Waals surface area contributed by atoms with Gasteiger partial charge in [0.2, 0.25) is 0 Å². The third kappa shape index (κ3) is 3.95. The average Bonchev–Trinajstić information content (AvgIpc) is 3.25. The van der Waals surface area contributed by atoms with E-state index in [9.17, 15) is 9.59 Å². The van der Waals surface area contributed by atoms with Crippen LogP contribution in [-0.2, 0) is 30.2 Å². The second kappa shape index (κ2) is 7.77. The van der Waals surface area contributed by atoms with Gasteiger partial charge in [-0.15, -0.1) is 0 Å². The van der Waals surface area contributed by atoms with Crippen LogP contribution in [0.5, 0.6) is 0 Å². The molecule has 2 heterocycles. The van der Waals surface area contributed by atoms with E-state index in [0.717, 1.165) is 23.5 Å². The fourth-order valence-electron chi connectivity index (χ4n) is 3.64. The molecule has 1 aliphatic carbocycles. The fourth-order valence-corrected chi connectivity index (χ4v) is 3.64. The first-order chi connectivity index (χ1) is 13.2. The first-order valence-corrected chi connectivity index (χ1v) is 9.68. The number of amides is 1.